The van der Waals surface area contributed by atoms with Crippen molar-refractivity contribution < 1.29 is 9.90 Å². The Morgan fingerprint density at radius 3 is 2.34 bits per heavy atom. The molecule has 29 heavy (non-hydrogen) atoms. The zero-order valence-corrected chi connectivity index (χ0v) is 17.7. The molecule has 0 aromatic heterocycles. The van der Waals surface area contributed by atoms with E-state index < -0.39 is 0 Å². The van der Waals surface area contributed by atoms with Crippen molar-refractivity contribution in [2.75, 3.05) is 39.3 Å². The fraction of sp³-hybridized carbons (Fsp3) is 0.708. The van der Waals surface area contributed by atoms with Crippen LogP contribution < -0.4 is 5.43 Å². The van der Waals surface area contributed by atoms with Crippen LogP contribution in [0.1, 0.15) is 49.7 Å². The maximum absolute atomic E-state index is 13.6. The van der Waals surface area contributed by atoms with Gasteiger partial charge >= 0.3 is 0 Å². The third kappa shape index (κ3) is 3.51. The van der Waals surface area contributed by atoms with E-state index in [0.29, 0.717) is 11.8 Å². The van der Waals surface area contributed by atoms with Crippen LogP contribution in [0.4, 0.5) is 0 Å². The summed E-state index contributed by atoms with van der Waals surface area (Å²) in [6, 6.07) is 9.14. The number of aliphatic hydroxyl groups excluding tert-OH is 1. The molecule has 0 radical (unpaired) electrons. The molecule has 1 aromatic carbocycles. The third-order valence-corrected chi connectivity index (χ3v) is 8.25. The van der Waals surface area contributed by atoms with Crippen LogP contribution in [0.2, 0.25) is 0 Å². The summed E-state index contributed by atoms with van der Waals surface area (Å²) >= 11 is 0. The molecule has 5 heteroatoms. The van der Waals surface area contributed by atoms with Crippen LogP contribution in [0.3, 0.4) is 0 Å². The predicted octanol–water partition coefficient (Wildman–Crippen LogP) is 2.47. The molecular formula is C24H35N3O2. The van der Waals surface area contributed by atoms with Gasteiger partial charge in [0.15, 0.2) is 0 Å². The number of aryl methyl sites for hydroxylation is 1. The van der Waals surface area contributed by atoms with Crippen LogP contribution in [0.15, 0.2) is 24.3 Å². The summed E-state index contributed by atoms with van der Waals surface area (Å²) in [5.41, 5.74) is 6.12. The lowest BCUT2D eigenvalue weighted by atomic mass is 9.42. The predicted molar refractivity (Wildman–Crippen MR) is 113 cm³/mol. The summed E-state index contributed by atoms with van der Waals surface area (Å²) in [6.45, 7) is 6.60. The molecule has 4 saturated carbocycles. The van der Waals surface area contributed by atoms with Crippen LogP contribution in [0.25, 0.3) is 0 Å². The maximum Gasteiger partial charge on any atom is 0.240 e. The number of piperazine rings is 1. The Morgan fingerprint density at radius 1 is 1.07 bits per heavy atom. The molecular weight excluding hydrogens is 362 g/mol. The van der Waals surface area contributed by atoms with E-state index in [0.717, 1.165) is 52.0 Å². The molecule has 5 aliphatic rings. The molecule has 2 atom stereocenters. The second-order valence-electron chi connectivity index (χ2n) is 10.4. The van der Waals surface area contributed by atoms with Crippen molar-refractivity contribution in [1.29, 1.82) is 0 Å². The van der Waals surface area contributed by atoms with Gasteiger partial charge in [0.1, 0.15) is 0 Å². The molecule has 1 amide bonds. The van der Waals surface area contributed by atoms with Crippen molar-refractivity contribution in [2.24, 2.45) is 17.3 Å². The molecule has 6 rings (SSSR count). The minimum atomic E-state index is -0.183. The molecule has 1 aliphatic heterocycles. The van der Waals surface area contributed by atoms with Gasteiger partial charge in [-0.3, -0.25) is 15.1 Å². The van der Waals surface area contributed by atoms with E-state index in [-0.39, 0.29) is 23.3 Å². The second-order valence-corrected chi connectivity index (χ2v) is 10.4. The summed E-state index contributed by atoms with van der Waals surface area (Å²) in [7, 11) is 0. The fourth-order valence-corrected chi connectivity index (χ4v) is 7.26. The highest BCUT2D eigenvalue weighted by molar-refractivity contribution is 5.83. The van der Waals surface area contributed by atoms with Crippen molar-refractivity contribution in [1.82, 2.24) is 15.3 Å². The molecule has 1 heterocycles. The minimum absolute atomic E-state index is 0.183. The monoisotopic (exact) mass is 397 g/mol. The number of rotatable bonds is 5. The van der Waals surface area contributed by atoms with Crippen LogP contribution >= 0.6 is 0 Å². The number of hydrazine groups is 1. The zero-order chi connectivity index (χ0) is 20.1. The van der Waals surface area contributed by atoms with E-state index in [1.807, 2.05) is 0 Å². The first-order chi connectivity index (χ1) is 14.0. The molecule has 0 spiro atoms. The minimum Gasteiger partial charge on any atom is -0.395 e. The van der Waals surface area contributed by atoms with E-state index >= 15 is 0 Å². The number of benzene rings is 1. The number of hydrogen-bond donors (Lipinski definition) is 2. The molecule has 2 N–H and O–H groups in total. The third-order valence-electron chi connectivity index (χ3n) is 8.25. The van der Waals surface area contributed by atoms with Crippen LogP contribution in [0, 0.1) is 24.2 Å². The molecule has 2 unspecified atom stereocenters. The largest absolute Gasteiger partial charge is 0.395 e. The van der Waals surface area contributed by atoms with E-state index in [1.54, 1.807) is 0 Å². The topological polar surface area (TPSA) is 55.8 Å². The number of aliphatic hydroxyl groups is 1. The molecule has 158 valence electrons. The number of β-amino-alcohol motifs (C(OH)–C–C–N with tert-alkyl or cyclic N) is 1. The van der Waals surface area contributed by atoms with Crippen LogP contribution in [-0.4, -0.2) is 60.3 Å². The fourth-order valence-electron chi connectivity index (χ4n) is 7.26. The average Bonchev–Trinajstić information content (AvgIpc) is 2.69. The molecule has 1 saturated heterocycles. The molecule has 1 aromatic rings. The Bertz CT molecular complexity index is 740. The summed E-state index contributed by atoms with van der Waals surface area (Å²) in [5, 5.41) is 11.3. The quantitative estimate of drug-likeness (QED) is 0.802. The summed E-state index contributed by atoms with van der Waals surface area (Å²) in [6.07, 6.45) is 7.03. The molecule has 5 nitrogen and oxygen atoms in total. The van der Waals surface area contributed by atoms with Crippen molar-refractivity contribution in [3.05, 3.63) is 35.4 Å². The Kier molecular flexibility index (Phi) is 4.96. The van der Waals surface area contributed by atoms with Crippen molar-refractivity contribution in [3.8, 4) is 0 Å². The SMILES string of the molecule is Cc1ccc(C23CC4CC(CC(C(=O)NN5CCN(CCO)CC5)(C4)C2)C3)cc1. The lowest BCUT2D eigenvalue weighted by molar-refractivity contribution is -0.155. The van der Waals surface area contributed by atoms with E-state index in [2.05, 4.69) is 46.5 Å². The van der Waals surface area contributed by atoms with Gasteiger partial charge in [-0.05, 0) is 68.3 Å². The highest BCUT2D eigenvalue weighted by Crippen LogP contribution is 2.65. The first-order valence-corrected chi connectivity index (χ1v) is 11.5. The Hall–Kier alpha value is -1.43. The van der Waals surface area contributed by atoms with Gasteiger partial charge in [-0.1, -0.05) is 29.8 Å². The number of hydrogen-bond acceptors (Lipinski definition) is 4. The number of carbonyl (C=O) groups excluding carboxylic acids is 1. The van der Waals surface area contributed by atoms with E-state index in [1.165, 1.54) is 30.4 Å². The summed E-state index contributed by atoms with van der Waals surface area (Å²) < 4.78 is 0. The maximum atomic E-state index is 13.6. The second kappa shape index (κ2) is 7.36. The lowest BCUT2D eigenvalue weighted by Crippen LogP contribution is -2.62. The Labute approximate surface area is 174 Å². The smallest absolute Gasteiger partial charge is 0.240 e. The first-order valence-electron chi connectivity index (χ1n) is 11.5. The van der Waals surface area contributed by atoms with Gasteiger partial charge < -0.3 is 5.11 Å². The summed E-state index contributed by atoms with van der Waals surface area (Å²) in [4.78, 5) is 15.9. The van der Waals surface area contributed by atoms with Crippen molar-refractivity contribution >= 4 is 5.91 Å². The van der Waals surface area contributed by atoms with Crippen molar-refractivity contribution in [3.63, 3.8) is 0 Å². The standard InChI is InChI=1S/C24H35N3O2/c1-18-2-4-21(5-3-18)23-13-19-12-20(14-23)16-24(15-19,17-23)22(29)25-27-8-6-26(7-9-27)10-11-28/h2-5,19-20,28H,6-17H2,1H3,(H,25,29). The van der Waals surface area contributed by atoms with E-state index in [9.17, 15) is 4.79 Å². The lowest BCUT2D eigenvalue weighted by Gasteiger charge is -2.61. The van der Waals surface area contributed by atoms with Crippen molar-refractivity contribution in [2.45, 2.75) is 50.9 Å². The van der Waals surface area contributed by atoms with Gasteiger partial charge in [-0.15, -0.1) is 0 Å². The highest BCUT2D eigenvalue weighted by atomic mass is 16.3. The van der Waals surface area contributed by atoms with E-state index in [4.69, 9.17) is 5.11 Å². The molecule has 5 fully saturated rings. The van der Waals surface area contributed by atoms with Crippen LogP contribution in [0.5, 0.6) is 0 Å². The first kappa shape index (κ1) is 19.5. The van der Waals surface area contributed by atoms with Crippen LogP contribution in [-0.2, 0) is 10.2 Å². The molecule has 4 bridgehead atoms. The van der Waals surface area contributed by atoms with Gasteiger partial charge in [0.2, 0.25) is 5.91 Å². The van der Waals surface area contributed by atoms with Gasteiger partial charge in [-0.25, -0.2) is 5.01 Å². The van der Waals surface area contributed by atoms with Gasteiger partial charge in [0, 0.05) is 32.7 Å². The number of nitrogens with zero attached hydrogens (tertiary/aromatic N) is 2. The zero-order valence-electron chi connectivity index (χ0n) is 17.7. The Morgan fingerprint density at radius 2 is 1.72 bits per heavy atom. The Balaban J connectivity index is 1.32. The van der Waals surface area contributed by atoms with Gasteiger partial charge in [0.05, 0.1) is 12.0 Å². The molecule has 4 aliphatic carbocycles. The van der Waals surface area contributed by atoms with Gasteiger partial charge in [0.25, 0.3) is 0 Å². The number of carbonyl (C=O) groups is 1. The number of nitrogens with one attached hydrogen (secondary N) is 1. The summed E-state index contributed by atoms with van der Waals surface area (Å²) in [5.74, 6) is 1.67. The highest BCUT2D eigenvalue weighted by Gasteiger charge is 2.61. The number of amides is 1. The average molecular weight is 398 g/mol. The normalized spacial score (nSPS) is 37.0. The van der Waals surface area contributed by atoms with Gasteiger partial charge in [-0.2, -0.15) is 0 Å².